The predicted octanol–water partition coefficient (Wildman–Crippen LogP) is 1.77. The van der Waals surface area contributed by atoms with Gasteiger partial charge in [0.25, 0.3) is 0 Å². The van der Waals surface area contributed by atoms with Crippen LogP contribution >= 0.6 is 0 Å². The molecule has 0 aliphatic carbocycles. The monoisotopic (exact) mass is 147 g/mol. The van der Waals surface area contributed by atoms with Crippen molar-refractivity contribution >= 4 is 5.78 Å². The van der Waals surface area contributed by atoms with Gasteiger partial charge in [-0.3, -0.25) is 4.79 Å². The fourth-order valence-corrected chi connectivity index (χ4v) is 0.634. The minimum absolute atomic E-state index is 0.106. The highest BCUT2D eigenvalue weighted by molar-refractivity contribution is 5.98. The average Bonchev–Trinajstić information content (AvgIpc) is 1.99. The molecule has 0 spiro atoms. The molecule has 0 aliphatic heterocycles. The first-order chi connectivity index (χ1) is 5.17. The SMILES string of the molecule is C=CC(C=C)=C(C#N)C(C)=O. The third-order valence-electron chi connectivity index (χ3n) is 1.19. The van der Waals surface area contributed by atoms with E-state index in [9.17, 15) is 4.79 Å². The lowest BCUT2D eigenvalue weighted by atomic mass is 10.1. The number of nitriles is 1. The lowest BCUT2D eigenvalue weighted by Crippen LogP contribution is -1.96. The van der Waals surface area contributed by atoms with Crippen molar-refractivity contribution in [2.24, 2.45) is 0 Å². The zero-order valence-electron chi connectivity index (χ0n) is 6.42. The van der Waals surface area contributed by atoms with Gasteiger partial charge in [0.05, 0.1) is 0 Å². The van der Waals surface area contributed by atoms with Gasteiger partial charge in [0.15, 0.2) is 5.78 Å². The van der Waals surface area contributed by atoms with E-state index in [1.54, 1.807) is 6.07 Å². The van der Waals surface area contributed by atoms with Crippen LogP contribution in [0.25, 0.3) is 0 Å². The van der Waals surface area contributed by atoms with Crippen LogP contribution in [-0.4, -0.2) is 5.78 Å². The van der Waals surface area contributed by atoms with Crippen molar-refractivity contribution in [1.82, 2.24) is 0 Å². The number of carbonyl (C=O) groups is 1. The van der Waals surface area contributed by atoms with Crippen LogP contribution in [0.1, 0.15) is 6.92 Å². The second-order valence-corrected chi connectivity index (χ2v) is 1.91. The number of rotatable bonds is 3. The summed E-state index contributed by atoms with van der Waals surface area (Å²) in [4.78, 5) is 10.8. The van der Waals surface area contributed by atoms with E-state index in [4.69, 9.17) is 5.26 Å². The summed E-state index contributed by atoms with van der Waals surface area (Å²) < 4.78 is 0. The van der Waals surface area contributed by atoms with Crippen LogP contribution in [0.3, 0.4) is 0 Å². The van der Waals surface area contributed by atoms with Gasteiger partial charge in [-0.25, -0.2) is 0 Å². The first kappa shape index (κ1) is 9.38. The fraction of sp³-hybridized carbons (Fsp3) is 0.111. The molecular weight excluding hydrogens is 138 g/mol. The molecule has 2 nitrogen and oxygen atoms in total. The molecule has 0 bridgehead atoms. The van der Waals surface area contributed by atoms with Crippen molar-refractivity contribution in [1.29, 1.82) is 5.26 Å². The van der Waals surface area contributed by atoms with Crippen molar-refractivity contribution < 1.29 is 4.79 Å². The smallest absolute Gasteiger partial charge is 0.170 e. The van der Waals surface area contributed by atoms with Crippen LogP contribution in [0.2, 0.25) is 0 Å². The molecule has 2 heteroatoms. The van der Waals surface area contributed by atoms with Gasteiger partial charge in [0.1, 0.15) is 11.6 Å². The molecule has 0 unspecified atom stereocenters. The summed E-state index contributed by atoms with van der Waals surface area (Å²) in [6.45, 7) is 8.24. The van der Waals surface area contributed by atoms with E-state index in [1.165, 1.54) is 19.1 Å². The number of allylic oxidation sites excluding steroid dienone is 4. The third kappa shape index (κ3) is 2.23. The highest BCUT2D eigenvalue weighted by Crippen LogP contribution is 2.06. The third-order valence-corrected chi connectivity index (χ3v) is 1.19. The van der Waals surface area contributed by atoms with Gasteiger partial charge in [-0.2, -0.15) is 5.26 Å². The van der Waals surface area contributed by atoms with Gasteiger partial charge < -0.3 is 0 Å². The predicted molar refractivity (Wildman–Crippen MR) is 43.7 cm³/mol. The molecule has 0 radical (unpaired) electrons. The summed E-state index contributed by atoms with van der Waals surface area (Å²) >= 11 is 0. The standard InChI is InChI=1S/C9H9NO/c1-4-8(5-2)9(6-10)7(3)11/h4-5H,1-2H2,3H3. The molecule has 0 aromatic heterocycles. The Morgan fingerprint density at radius 3 is 2.00 bits per heavy atom. The number of nitrogens with zero attached hydrogens (tertiary/aromatic N) is 1. The summed E-state index contributed by atoms with van der Waals surface area (Å²) in [6, 6.07) is 1.79. The van der Waals surface area contributed by atoms with E-state index < -0.39 is 0 Å². The van der Waals surface area contributed by atoms with E-state index in [1.807, 2.05) is 0 Å². The Kier molecular flexibility index (Phi) is 3.61. The van der Waals surface area contributed by atoms with Gasteiger partial charge in [0, 0.05) is 0 Å². The normalized spacial score (nSPS) is 7.64. The van der Waals surface area contributed by atoms with Gasteiger partial charge in [-0.15, -0.1) is 0 Å². The molecule has 0 rings (SSSR count). The first-order valence-corrected chi connectivity index (χ1v) is 3.07. The fourth-order valence-electron chi connectivity index (χ4n) is 0.634. The Hall–Kier alpha value is -1.62. The Bertz CT molecular complexity index is 256. The molecule has 0 atom stereocenters. The molecule has 0 aliphatic rings. The number of Topliss-reactive ketones (excluding diaryl/α,β-unsaturated/α-hetero) is 1. The molecule has 56 valence electrons. The lowest BCUT2D eigenvalue weighted by Gasteiger charge is -1.94. The number of ketones is 1. The quantitative estimate of drug-likeness (QED) is 0.347. The Labute approximate surface area is 66.1 Å². The van der Waals surface area contributed by atoms with Crippen LogP contribution in [0.5, 0.6) is 0 Å². The van der Waals surface area contributed by atoms with Crippen molar-refractivity contribution in [3.8, 4) is 6.07 Å². The topological polar surface area (TPSA) is 40.9 Å². The number of carbonyl (C=O) groups excluding carboxylic acids is 1. The summed E-state index contributed by atoms with van der Waals surface area (Å²) in [7, 11) is 0. The molecule has 0 amide bonds. The highest BCUT2D eigenvalue weighted by Gasteiger charge is 2.04. The summed E-state index contributed by atoms with van der Waals surface area (Å²) in [5.74, 6) is -0.262. The van der Waals surface area contributed by atoms with E-state index >= 15 is 0 Å². The minimum Gasteiger partial charge on any atom is -0.294 e. The van der Waals surface area contributed by atoms with Crippen LogP contribution in [0, 0.1) is 11.3 Å². The Balaban J connectivity index is 5.14. The zero-order chi connectivity index (χ0) is 8.85. The second kappa shape index (κ2) is 4.24. The molecule has 0 N–H and O–H groups in total. The summed E-state index contributed by atoms with van der Waals surface area (Å²) in [5.41, 5.74) is 0.593. The maximum Gasteiger partial charge on any atom is 0.170 e. The summed E-state index contributed by atoms with van der Waals surface area (Å²) in [5, 5.41) is 8.50. The molecule has 11 heavy (non-hydrogen) atoms. The number of hydrogen-bond acceptors (Lipinski definition) is 2. The van der Waals surface area contributed by atoms with Crippen LogP contribution < -0.4 is 0 Å². The van der Waals surface area contributed by atoms with Crippen molar-refractivity contribution in [2.45, 2.75) is 6.92 Å². The van der Waals surface area contributed by atoms with Crippen molar-refractivity contribution in [3.05, 3.63) is 36.5 Å². The molecule has 0 fully saturated rings. The molecule has 0 saturated heterocycles. The van der Waals surface area contributed by atoms with Gasteiger partial charge in [-0.1, -0.05) is 25.3 Å². The van der Waals surface area contributed by atoms with E-state index in [0.29, 0.717) is 5.57 Å². The van der Waals surface area contributed by atoms with Gasteiger partial charge in [0.2, 0.25) is 0 Å². The number of hydrogen-bond donors (Lipinski definition) is 0. The maximum absolute atomic E-state index is 10.8. The largest absolute Gasteiger partial charge is 0.294 e. The van der Waals surface area contributed by atoms with Crippen LogP contribution in [0.15, 0.2) is 36.5 Å². The van der Waals surface area contributed by atoms with Crippen LogP contribution in [-0.2, 0) is 4.79 Å². The zero-order valence-corrected chi connectivity index (χ0v) is 6.42. The summed E-state index contributed by atoms with van der Waals surface area (Å²) in [6.07, 6.45) is 2.87. The Morgan fingerprint density at radius 1 is 1.45 bits per heavy atom. The minimum atomic E-state index is -0.262. The van der Waals surface area contributed by atoms with Gasteiger partial charge in [-0.05, 0) is 12.5 Å². The highest BCUT2D eigenvalue weighted by atomic mass is 16.1. The van der Waals surface area contributed by atoms with E-state index in [-0.39, 0.29) is 11.4 Å². The first-order valence-electron chi connectivity index (χ1n) is 3.07. The van der Waals surface area contributed by atoms with E-state index in [0.717, 1.165) is 0 Å². The van der Waals surface area contributed by atoms with Gasteiger partial charge >= 0.3 is 0 Å². The maximum atomic E-state index is 10.8. The van der Waals surface area contributed by atoms with Crippen LogP contribution in [0.4, 0.5) is 0 Å². The van der Waals surface area contributed by atoms with E-state index in [2.05, 4.69) is 13.2 Å². The lowest BCUT2D eigenvalue weighted by molar-refractivity contribution is -0.113. The average molecular weight is 147 g/mol. The second-order valence-electron chi connectivity index (χ2n) is 1.91. The molecule has 0 heterocycles. The van der Waals surface area contributed by atoms with Crippen molar-refractivity contribution in [2.75, 3.05) is 0 Å². The molecule has 0 aromatic carbocycles. The molecular formula is C9H9NO. The molecule has 0 aromatic rings. The molecule has 0 saturated carbocycles. The Morgan fingerprint density at radius 2 is 1.91 bits per heavy atom. The van der Waals surface area contributed by atoms with Crippen molar-refractivity contribution in [3.63, 3.8) is 0 Å².